The molecule has 0 aliphatic carbocycles. The van der Waals surface area contributed by atoms with Crippen LogP contribution in [0.5, 0.6) is 0 Å². The molecule has 0 radical (unpaired) electrons. The Labute approximate surface area is 167 Å². The van der Waals surface area contributed by atoms with E-state index in [-0.39, 0.29) is 5.02 Å². The number of aromatic nitrogens is 3. The first-order valence-corrected chi connectivity index (χ1v) is 9.53. The number of piperazine rings is 1. The Morgan fingerprint density at radius 3 is 2.61 bits per heavy atom. The fraction of sp³-hybridized carbons (Fsp3) is 0.300. The molecular formula is C20H21ClFN5O. The topological polar surface area (TPSA) is 68.3 Å². The van der Waals surface area contributed by atoms with Gasteiger partial charge in [-0.15, -0.1) is 0 Å². The number of aromatic amines is 1. The van der Waals surface area contributed by atoms with E-state index in [1.54, 1.807) is 31.5 Å². The van der Waals surface area contributed by atoms with E-state index < -0.39 is 12.0 Å². The molecule has 3 heterocycles. The van der Waals surface area contributed by atoms with Crippen LogP contribution in [0.25, 0.3) is 22.6 Å². The van der Waals surface area contributed by atoms with Crippen molar-refractivity contribution in [2.75, 3.05) is 31.1 Å². The average molecular weight is 402 g/mol. The number of nitrogens with zero attached hydrogens (tertiary/aromatic N) is 4. The number of hydrogen-bond donors (Lipinski definition) is 2. The highest BCUT2D eigenvalue weighted by Gasteiger charge is 2.21. The summed E-state index contributed by atoms with van der Waals surface area (Å²) in [4.78, 5) is 16.4. The number of imidazole rings is 1. The van der Waals surface area contributed by atoms with Gasteiger partial charge in [0.25, 0.3) is 0 Å². The third-order valence-corrected chi connectivity index (χ3v) is 5.28. The number of aliphatic hydroxyl groups excluding tert-OH is 1. The van der Waals surface area contributed by atoms with Gasteiger partial charge in [0.2, 0.25) is 0 Å². The maximum Gasteiger partial charge on any atom is 0.141 e. The van der Waals surface area contributed by atoms with Crippen molar-refractivity contribution in [3.05, 3.63) is 53.6 Å². The third kappa shape index (κ3) is 3.87. The fourth-order valence-corrected chi connectivity index (χ4v) is 3.52. The van der Waals surface area contributed by atoms with E-state index in [4.69, 9.17) is 11.6 Å². The van der Waals surface area contributed by atoms with Crippen molar-refractivity contribution in [2.45, 2.75) is 13.2 Å². The molecule has 8 heteroatoms. The van der Waals surface area contributed by atoms with Crippen molar-refractivity contribution in [1.29, 1.82) is 0 Å². The van der Waals surface area contributed by atoms with Crippen LogP contribution < -0.4 is 4.90 Å². The number of rotatable bonds is 4. The van der Waals surface area contributed by atoms with Crippen LogP contribution in [0.2, 0.25) is 5.02 Å². The van der Waals surface area contributed by atoms with Crippen LogP contribution in [0.1, 0.15) is 6.92 Å². The summed E-state index contributed by atoms with van der Waals surface area (Å²) in [6.45, 7) is 4.98. The average Bonchev–Trinajstić information content (AvgIpc) is 3.20. The van der Waals surface area contributed by atoms with Crippen molar-refractivity contribution in [3.63, 3.8) is 0 Å². The minimum atomic E-state index is -0.445. The number of H-pyrrole nitrogens is 1. The molecule has 2 aromatic heterocycles. The lowest BCUT2D eigenvalue weighted by molar-refractivity contribution is 0.0152. The number of nitrogens with one attached hydrogen (secondary N) is 1. The van der Waals surface area contributed by atoms with Gasteiger partial charge in [0.15, 0.2) is 0 Å². The number of aliphatic hydroxyl groups is 1. The molecular weight excluding hydrogens is 381 g/mol. The maximum absolute atomic E-state index is 13.4. The summed E-state index contributed by atoms with van der Waals surface area (Å²) in [7, 11) is 0. The Morgan fingerprint density at radius 1 is 1.11 bits per heavy atom. The molecule has 0 spiro atoms. The molecule has 4 rings (SSSR count). The Morgan fingerprint density at radius 2 is 1.89 bits per heavy atom. The molecule has 1 atom stereocenters. The van der Waals surface area contributed by atoms with Crippen LogP contribution in [0.15, 0.2) is 42.7 Å². The number of anilines is 1. The SMILES string of the molecule is CC(O)N1CCN(c2cc(-c3ncc(-c4ccc(F)c(Cl)c4)[nH]3)ccn2)CC1. The van der Waals surface area contributed by atoms with Gasteiger partial charge in [-0.3, -0.25) is 4.90 Å². The van der Waals surface area contributed by atoms with Gasteiger partial charge in [0.1, 0.15) is 23.7 Å². The summed E-state index contributed by atoms with van der Waals surface area (Å²) < 4.78 is 13.4. The summed E-state index contributed by atoms with van der Waals surface area (Å²) in [6, 6.07) is 8.48. The van der Waals surface area contributed by atoms with Crippen LogP contribution in [-0.2, 0) is 0 Å². The molecule has 0 amide bonds. The highest BCUT2D eigenvalue weighted by molar-refractivity contribution is 6.31. The van der Waals surface area contributed by atoms with E-state index in [2.05, 4.69) is 19.9 Å². The first kappa shape index (κ1) is 18.9. The lowest BCUT2D eigenvalue weighted by atomic mass is 10.2. The van der Waals surface area contributed by atoms with Gasteiger partial charge in [-0.1, -0.05) is 11.6 Å². The zero-order chi connectivity index (χ0) is 19.7. The standard InChI is InChI=1S/C20H21ClFN5O/c1-13(28)26-6-8-27(9-7-26)19-11-15(4-5-23-19)20-24-12-18(25-20)14-2-3-17(22)16(21)10-14/h2-5,10-13,28H,6-9H2,1H3,(H,24,25). The zero-order valence-electron chi connectivity index (χ0n) is 15.4. The molecule has 28 heavy (non-hydrogen) atoms. The summed E-state index contributed by atoms with van der Waals surface area (Å²) in [5, 5.41) is 9.79. The number of pyridine rings is 1. The van der Waals surface area contributed by atoms with Gasteiger partial charge in [0, 0.05) is 43.5 Å². The fourth-order valence-electron chi connectivity index (χ4n) is 3.34. The minimum Gasteiger partial charge on any atom is -0.379 e. The zero-order valence-corrected chi connectivity index (χ0v) is 16.2. The number of hydrogen-bond acceptors (Lipinski definition) is 5. The summed E-state index contributed by atoms with van der Waals surface area (Å²) in [5.41, 5.74) is 2.46. The summed E-state index contributed by atoms with van der Waals surface area (Å²) in [5.74, 6) is 1.15. The normalized spacial score (nSPS) is 16.4. The van der Waals surface area contributed by atoms with Crippen LogP contribution >= 0.6 is 11.6 Å². The number of benzene rings is 1. The van der Waals surface area contributed by atoms with Crippen molar-refractivity contribution in [2.24, 2.45) is 0 Å². The van der Waals surface area contributed by atoms with Crippen LogP contribution in [0, 0.1) is 5.82 Å². The quantitative estimate of drug-likeness (QED) is 0.701. The van der Waals surface area contributed by atoms with Gasteiger partial charge in [0.05, 0.1) is 16.9 Å². The smallest absolute Gasteiger partial charge is 0.141 e. The van der Waals surface area contributed by atoms with Crippen LogP contribution in [-0.4, -0.2) is 57.4 Å². The molecule has 1 aliphatic rings. The Bertz CT molecular complexity index is 969. The van der Waals surface area contributed by atoms with E-state index in [0.717, 1.165) is 48.8 Å². The Kier molecular flexibility index (Phi) is 5.30. The molecule has 6 nitrogen and oxygen atoms in total. The van der Waals surface area contributed by atoms with Crippen molar-refractivity contribution < 1.29 is 9.50 Å². The van der Waals surface area contributed by atoms with Crippen LogP contribution in [0.3, 0.4) is 0 Å². The molecule has 1 aromatic carbocycles. The molecule has 1 aliphatic heterocycles. The van der Waals surface area contributed by atoms with Crippen molar-refractivity contribution in [3.8, 4) is 22.6 Å². The minimum absolute atomic E-state index is 0.0798. The van der Waals surface area contributed by atoms with E-state index in [0.29, 0.717) is 5.82 Å². The first-order valence-electron chi connectivity index (χ1n) is 9.15. The molecule has 1 saturated heterocycles. The van der Waals surface area contributed by atoms with E-state index in [1.165, 1.54) is 6.07 Å². The van der Waals surface area contributed by atoms with Crippen molar-refractivity contribution >= 4 is 17.4 Å². The van der Waals surface area contributed by atoms with Gasteiger partial charge in [-0.25, -0.2) is 14.4 Å². The lowest BCUT2D eigenvalue weighted by Crippen LogP contribution is -2.49. The van der Waals surface area contributed by atoms with Gasteiger partial charge >= 0.3 is 0 Å². The monoisotopic (exact) mass is 401 g/mol. The molecule has 1 unspecified atom stereocenters. The Balaban J connectivity index is 1.54. The third-order valence-electron chi connectivity index (χ3n) is 4.99. The first-order chi connectivity index (χ1) is 13.5. The predicted octanol–water partition coefficient (Wildman–Crippen LogP) is 3.39. The van der Waals surface area contributed by atoms with Gasteiger partial charge in [-0.05, 0) is 37.3 Å². The van der Waals surface area contributed by atoms with Crippen LogP contribution in [0.4, 0.5) is 10.2 Å². The van der Waals surface area contributed by atoms with Gasteiger partial charge in [-0.2, -0.15) is 0 Å². The van der Waals surface area contributed by atoms with E-state index >= 15 is 0 Å². The molecule has 0 saturated carbocycles. The molecule has 1 fully saturated rings. The second-order valence-corrected chi connectivity index (χ2v) is 7.24. The second-order valence-electron chi connectivity index (χ2n) is 6.83. The number of halogens is 2. The highest BCUT2D eigenvalue weighted by atomic mass is 35.5. The molecule has 3 aromatic rings. The summed E-state index contributed by atoms with van der Waals surface area (Å²) >= 11 is 5.88. The molecule has 2 N–H and O–H groups in total. The predicted molar refractivity (Wildman–Crippen MR) is 108 cm³/mol. The van der Waals surface area contributed by atoms with E-state index in [9.17, 15) is 9.50 Å². The molecule has 146 valence electrons. The second kappa shape index (κ2) is 7.87. The maximum atomic E-state index is 13.4. The summed E-state index contributed by atoms with van der Waals surface area (Å²) in [6.07, 6.45) is 3.05. The van der Waals surface area contributed by atoms with Gasteiger partial charge < -0.3 is 15.0 Å². The largest absolute Gasteiger partial charge is 0.379 e. The Hall–Kier alpha value is -2.48. The van der Waals surface area contributed by atoms with E-state index in [1.807, 2.05) is 17.0 Å². The van der Waals surface area contributed by atoms with Crippen molar-refractivity contribution in [1.82, 2.24) is 19.9 Å². The lowest BCUT2D eigenvalue weighted by Gasteiger charge is -2.36. The highest BCUT2D eigenvalue weighted by Crippen LogP contribution is 2.27. The molecule has 0 bridgehead atoms.